The Morgan fingerprint density at radius 3 is 2.00 bits per heavy atom. The van der Waals surface area contributed by atoms with Gasteiger partial charge in [-0.25, -0.2) is 0 Å². The van der Waals surface area contributed by atoms with Crippen LogP contribution in [0.1, 0.15) is 48.0 Å². The summed E-state index contributed by atoms with van der Waals surface area (Å²) >= 11 is 0. The molecule has 2 unspecified atom stereocenters. The van der Waals surface area contributed by atoms with Gasteiger partial charge in [0.25, 0.3) is 10.2 Å². The van der Waals surface area contributed by atoms with Gasteiger partial charge < -0.3 is 4.90 Å². The van der Waals surface area contributed by atoms with Gasteiger partial charge in [0, 0.05) is 32.7 Å². The number of piperidine rings is 1. The Morgan fingerprint density at radius 1 is 1.04 bits per heavy atom. The smallest absolute Gasteiger partial charge is 0.282 e. The molecule has 1 saturated heterocycles. The second-order valence-electron chi connectivity index (χ2n) is 7.55. The Morgan fingerprint density at radius 2 is 1.57 bits per heavy atom. The van der Waals surface area contributed by atoms with Crippen LogP contribution in [0.15, 0.2) is 0 Å². The van der Waals surface area contributed by atoms with Crippen LogP contribution in [0.2, 0.25) is 0 Å². The van der Waals surface area contributed by atoms with Crippen LogP contribution in [0.4, 0.5) is 0 Å². The van der Waals surface area contributed by atoms with Crippen molar-refractivity contribution < 1.29 is 8.42 Å². The lowest BCUT2D eigenvalue weighted by Gasteiger charge is -2.38. The van der Waals surface area contributed by atoms with Crippen molar-refractivity contribution in [1.29, 1.82) is 0 Å². The molecule has 1 fully saturated rings. The van der Waals surface area contributed by atoms with Gasteiger partial charge in [-0.05, 0) is 37.3 Å². The van der Waals surface area contributed by atoms with Gasteiger partial charge in [0.05, 0.1) is 0 Å². The fraction of sp³-hybridized carbons (Fsp3) is 1.00. The Hall–Kier alpha value is -0.170. The quantitative estimate of drug-likeness (QED) is 0.644. The molecule has 138 valence electrons. The van der Waals surface area contributed by atoms with Crippen molar-refractivity contribution in [1.82, 2.24) is 13.5 Å². The molecular formula is C17H37N3O2S. The summed E-state index contributed by atoms with van der Waals surface area (Å²) in [6.45, 7) is 18.0. The van der Waals surface area contributed by atoms with E-state index in [4.69, 9.17) is 0 Å². The summed E-state index contributed by atoms with van der Waals surface area (Å²) in [6.07, 6.45) is 1.12. The zero-order chi connectivity index (χ0) is 17.6. The molecular weight excluding hydrogens is 310 g/mol. The second kappa shape index (κ2) is 9.35. The number of hydrogen-bond acceptors (Lipinski definition) is 3. The molecule has 1 heterocycles. The number of rotatable bonds is 9. The maximum Gasteiger partial charge on any atom is 0.282 e. The highest BCUT2D eigenvalue weighted by Crippen LogP contribution is 2.25. The summed E-state index contributed by atoms with van der Waals surface area (Å²) in [7, 11) is -3.36. The van der Waals surface area contributed by atoms with Gasteiger partial charge in [-0.2, -0.15) is 17.0 Å². The van der Waals surface area contributed by atoms with Gasteiger partial charge in [-0.15, -0.1) is 0 Å². The molecule has 0 aliphatic carbocycles. The van der Waals surface area contributed by atoms with Crippen molar-refractivity contribution >= 4 is 10.2 Å². The average Bonchev–Trinajstić information content (AvgIpc) is 2.45. The lowest BCUT2D eigenvalue weighted by molar-refractivity contribution is 0.199. The summed E-state index contributed by atoms with van der Waals surface area (Å²) in [5.41, 5.74) is 0. The molecule has 1 aliphatic rings. The molecule has 1 rings (SSSR count). The second-order valence-corrected chi connectivity index (χ2v) is 9.48. The molecule has 5 nitrogen and oxygen atoms in total. The van der Waals surface area contributed by atoms with Gasteiger partial charge in [-0.1, -0.05) is 41.5 Å². The molecule has 0 aromatic rings. The fourth-order valence-corrected chi connectivity index (χ4v) is 5.47. The Balaban J connectivity index is 2.85. The first-order valence-electron chi connectivity index (χ1n) is 9.18. The number of nitrogens with zero attached hydrogens (tertiary/aromatic N) is 3. The van der Waals surface area contributed by atoms with E-state index < -0.39 is 10.2 Å². The first-order valence-corrected chi connectivity index (χ1v) is 10.6. The molecule has 2 atom stereocenters. The normalized spacial score (nSPS) is 24.0. The third-order valence-corrected chi connectivity index (χ3v) is 6.55. The first-order chi connectivity index (χ1) is 10.7. The standard InChI is InChI=1S/C17H37N3O2S/c1-7-18(8-2)9-10-19(12-15(3)4)23(21,22)20-13-16(5)11-17(6)14-20/h15-17H,7-14H2,1-6H3. The van der Waals surface area contributed by atoms with Crippen molar-refractivity contribution in [2.45, 2.75) is 48.0 Å². The summed E-state index contributed by atoms with van der Waals surface area (Å²) in [5, 5.41) is 0. The molecule has 23 heavy (non-hydrogen) atoms. The van der Waals surface area contributed by atoms with Gasteiger partial charge >= 0.3 is 0 Å². The number of hydrogen-bond donors (Lipinski definition) is 0. The maximum absolute atomic E-state index is 13.1. The molecule has 6 heteroatoms. The van der Waals surface area contributed by atoms with E-state index >= 15 is 0 Å². The molecule has 0 bridgehead atoms. The van der Waals surface area contributed by atoms with E-state index in [1.54, 1.807) is 8.61 Å². The Kier molecular flexibility index (Phi) is 8.48. The van der Waals surface area contributed by atoms with E-state index in [0.29, 0.717) is 43.9 Å². The molecule has 0 radical (unpaired) electrons. The maximum atomic E-state index is 13.1. The summed E-state index contributed by atoms with van der Waals surface area (Å²) in [5.74, 6) is 1.22. The third-order valence-electron chi connectivity index (χ3n) is 4.62. The zero-order valence-corrected chi connectivity index (χ0v) is 16.8. The van der Waals surface area contributed by atoms with Crippen LogP contribution in [0, 0.1) is 17.8 Å². The minimum absolute atomic E-state index is 0.334. The molecule has 0 aromatic heterocycles. The van der Waals surface area contributed by atoms with E-state index in [-0.39, 0.29) is 0 Å². The van der Waals surface area contributed by atoms with Crippen LogP contribution in [-0.2, 0) is 10.2 Å². The van der Waals surface area contributed by atoms with Crippen molar-refractivity contribution in [2.24, 2.45) is 17.8 Å². The zero-order valence-electron chi connectivity index (χ0n) is 16.0. The van der Waals surface area contributed by atoms with E-state index in [0.717, 1.165) is 26.1 Å². The van der Waals surface area contributed by atoms with Gasteiger partial charge in [0.1, 0.15) is 0 Å². The van der Waals surface area contributed by atoms with Crippen molar-refractivity contribution in [3.63, 3.8) is 0 Å². The summed E-state index contributed by atoms with van der Waals surface area (Å²) in [6, 6.07) is 0. The minimum atomic E-state index is -3.36. The average molecular weight is 348 g/mol. The van der Waals surface area contributed by atoms with E-state index in [2.05, 4.69) is 46.4 Å². The van der Waals surface area contributed by atoms with Crippen molar-refractivity contribution in [3.05, 3.63) is 0 Å². The van der Waals surface area contributed by atoms with Crippen molar-refractivity contribution in [2.75, 3.05) is 45.8 Å². The van der Waals surface area contributed by atoms with Gasteiger partial charge in [0.15, 0.2) is 0 Å². The van der Waals surface area contributed by atoms with Crippen LogP contribution in [-0.4, -0.2) is 67.7 Å². The van der Waals surface area contributed by atoms with Gasteiger partial charge in [-0.3, -0.25) is 0 Å². The van der Waals surface area contributed by atoms with E-state index in [1.807, 2.05) is 0 Å². The number of likely N-dealkylation sites (N-methyl/N-ethyl adjacent to an activating group) is 1. The molecule has 0 N–H and O–H groups in total. The van der Waals surface area contributed by atoms with E-state index in [1.165, 1.54) is 0 Å². The van der Waals surface area contributed by atoms with Crippen LogP contribution >= 0.6 is 0 Å². The lowest BCUT2D eigenvalue weighted by Crippen LogP contribution is -2.51. The van der Waals surface area contributed by atoms with Crippen LogP contribution in [0.25, 0.3) is 0 Å². The molecule has 1 aliphatic heterocycles. The predicted octanol–water partition coefficient (Wildman–Crippen LogP) is 2.51. The Labute approximate surface area is 144 Å². The van der Waals surface area contributed by atoms with Crippen LogP contribution in [0.5, 0.6) is 0 Å². The highest BCUT2D eigenvalue weighted by atomic mass is 32.2. The molecule has 0 aromatic carbocycles. The monoisotopic (exact) mass is 347 g/mol. The fourth-order valence-electron chi connectivity index (χ4n) is 3.46. The topological polar surface area (TPSA) is 43.9 Å². The summed E-state index contributed by atoms with van der Waals surface area (Å²) < 4.78 is 29.7. The first kappa shape index (κ1) is 20.9. The third kappa shape index (κ3) is 6.33. The van der Waals surface area contributed by atoms with Crippen molar-refractivity contribution in [3.8, 4) is 0 Å². The van der Waals surface area contributed by atoms with E-state index in [9.17, 15) is 8.42 Å². The minimum Gasteiger partial charge on any atom is -0.303 e. The molecule has 0 spiro atoms. The molecule has 0 amide bonds. The Bertz CT molecular complexity index is 425. The highest BCUT2D eigenvalue weighted by Gasteiger charge is 2.34. The van der Waals surface area contributed by atoms with Gasteiger partial charge in [0.2, 0.25) is 0 Å². The molecule has 0 saturated carbocycles. The highest BCUT2D eigenvalue weighted by molar-refractivity contribution is 7.86. The SMILES string of the molecule is CCN(CC)CCN(CC(C)C)S(=O)(=O)N1CC(C)CC(C)C1. The van der Waals surface area contributed by atoms with Crippen LogP contribution < -0.4 is 0 Å². The summed E-state index contributed by atoms with van der Waals surface area (Å²) in [4.78, 5) is 2.28. The van der Waals surface area contributed by atoms with Crippen LogP contribution in [0.3, 0.4) is 0 Å². The largest absolute Gasteiger partial charge is 0.303 e. The lowest BCUT2D eigenvalue weighted by atomic mass is 9.94. The predicted molar refractivity (Wildman–Crippen MR) is 97.6 cm³/mol.